The molecule has 2 aromatic carbocycles. The fourth-order valence-corrected chi connectivity index (χ4v) is 5.25. The van der Waals surface area contributed by atoms with Crippen LogP contribution in [-0.4, -0.2) is 38.3 Å². The highest BCUT2D eigenvalue weighted by atomic mass is 19.3. The lowest BCUT2D eigenvalue weighted by Gasteiger charge is -2.28. The summed E-state index contributed by atoms with van der Waals surface area (Å²) in [4.78, 5) is 39.4. The molecule has 0 aliphatic carbocycles. The summed E-state index contributed by atoms with van der Waals surface area (Å²) in [6.07, 6.45) is -7.19. The smallest absolute Gasteiger partial charge is 0.295 e. The molecule has 43 heavy (non-hydrogen) atoms. The fraction of sp³-hybridized carbons (Fsp3) is 0.259. The number of benzene rings is 2. The van der Waals surface area contributed by atoms with Crippen LogP contribution >= 0.6 is 0 Å². The van der Waals surface area contributed by atoms with Crippen LogP contribution in [-0.2, 0) is 4.79 Å². The number of carbonyl (C=O) groups is 1. The number of hydrogen-bond donors (Lipinski definition) is 2. The Morgan fingerprint density at radius 2 is 1.84 bits per heavy atom. The first-order chi connectivity index (χ1) is 20.4. The average Bonchev–Trinajstić information content (AvgIpc) is 3.35. The van der Waals surface area contributed by atoms with Crippen molar-refractivity contribution in [3.05, 3.63) is 75.3 Å². The predicted octanol–water partition coefficient (Wildman–Crippen LogP) is 4.22. The number of nitriles is 1. The van der Waals surface area contributed by atoms with Crippen molar-refractivity contribution in [2.45, 2.75) is 31.7 Å². The molecule has 0 spiro atoms. The van der Waals surface area contributed by atoms with Gasteiger partial charge in [0.05, 0.1) is 17.2 Å². The average molecular weight is 602 g/mol. The van der Waals surface area contributed by atoms with E-state index >= 15 is 0 Å². The quantitative estimate of drug-likeness (QED) is 0.296. The van der Waals surface area contributed by atoms with E-state index in [2.05, 4.69) is 15.0 Å². The number of Topliss-reactive ketones (excluding diaryl/α,β-unsaturated/α-hetero) is 1. The number of anilines is 3. The molecule has 1 fully saturated rings. The maximum atomic E-state index is 14.9. The Balaban J connectivity index is 1.81. The zero-order chi connectivity index (χ0) is 31.2. The van der Waals surface area contributed by atoms with Crippen LogP contribution in [0.1, 0.15) is 42.3 Å². The van der Waals surface area contributed by atoms with Crippen molar-refractivity contribution in [3.63, 3.8) is 0 Å². The summed E-state index contributed by atoms with van der Waals surface area (Å²) in [6, 6.07) is 6.35. The minimum absolute atomic E-state index is 0.155. The third-order valence-corrected chi connectivity index (χ3v) is 7.03. The molecule has 1 aliphatic rings. The molecule has 0 unspecified atom stereocenters. The first kappa shape index (κ1) is 29.3. The monoisotopic (exact) mass is 602 g/mol. The van der Waals surface area contributed by atoms with Crippen LogP contribution in [0.15, 0.2) is 41.2 Å². The Bertz CT molecular complexity index is 1860. The van der Waals surface area contributed by atoms with E-state index in [1.807, 2.05) is 6.07 Å². The summed E-state index contributed by atoms with van der Waals surface area (Å²) in [6.45, 7) is -0.198. The van der Waals surface area contributed by atoms with Gasteiger partial charge in [-0.25, -0.2) is 31.3 Å². The van der Waals surface area contributed by atoms with Gasteiger partial charge in [-0.1, -0.05) is 6.07 Å². The Kier molecular flexibility index (Phi) is 7.65. The number of carbonyl (C=O) groups excluding carboxylic acids is 1. The van der Waals surface area contributed by atoms with Gasteiger partial charge in [-0.3, -0.25) is 14.2 Å². The number of fused-ring (bicyclic) bond motifs is 1. The highest BCUT2D eigenvalue weighted by Gasteiger charge is 2.40. The standard InChI is InChI=1S/C27H20F6N8O2/c28-13-6-12(21(30)31)7-14(8-13)41-25(37-17-3-1-2-16(29)20(17)26(41)43)18-4-11(5-19(42)22(32)33)10-40(18)24-15(9-34)23(35)38-27(36)39-24/h1-3,6-8,11,18,21-22H,4-5,10H2,(H4,35,36,38,39)/t11-,18-/m0/s1. The molecule has 2 atom stereocenters. The van der Waals surface area contributed by atoms with E-state index < -0.39 is 70.8 Å². The lowest BCUT2D eigenvalue weighted by molar-refractivity contribution is -0.130. The maximum Gasteiger partial charge on any atom is 0.295 e. The number of halogens is 6. The highest BCUT2D eigenvalue weighted by Crippen LogP contribution is 2.42. The Hall–Kier alpha value is -5.20. The lowest BCUT2D eigenvalue weighted by Crippen LogP contribution is -2.33. The van der Waals surface area contributed by atoms with Gasteiger partial charge in [-0.15, -0.1) is 0 Å². The van der Waals surface area contributed by atoms with Gasteiger partial charge in [0.25, 0.3) is 18.4 Å². The predicted molar refractivity (Wildman–Crippen MR) is 142 cm³/mol. The van der Waals surface area contributed by atoms with Crippen LogP contribution in [0.4, 0.5) is 43.9 Å². The maximum absolute atomic E-state index is 14.9. The van der Waals surface area contributed by atoms with Crippen molar-refractivity contribution < 1.29 is 31.1 Å². The molecular formula is C27H20F6N8O2. The number of ketones is 1. The van der Waals surface area contributed by atoms with E-state index in [-0.39, 0.29) is 47.5 Å². The first-order valence-electron chi connectivity index (χ1n) is 12.6. The van der Waals surface area contributed by atoms with Gasteiger partial charge < -0.3 is 16.4 Å². The number of nitrogens with zero attached hydrogens (tertiary/aromatic N) is 6. The second kappa shape index (κ2) is 11.2. The van der Waals surface area contributed by atoms with Crippen LogP contribution in [0.3, 0.4) is 0 Å². The molecule has 3 heterocycles. The Morgan fingerprint density at radius 1 is 1.09 bits per heavy atom. The SMILES string of the molecule is N#Cc1c(N)nc(N)nc1N1C[C@H](CC(=O)C(F)F)C[C@H]1c1nc2cccc(F)c2c(=O)n1-c1cc(F)cc(C(F)F)c1. The summed E-state index contributed by atoms with van der Waals surface area (Å²) >= 11 is 0. The largest absolute Gasteiger partial charge is 0.382 e. The van der Waals surface area contributed by atoms with Crippen LogP contribution in [0, 0.1) is 28.9 Å². The zero-order valence-electron chi connectivity index (χ0n) is 21.8. The molecule has 0 bridgehead atoms. The van der Waals surface area contributed by atoms with E-state index in [1.54, 1.807) is 0 Å². The van der Waals surface area contributed by atoms with Crippen LogP contribution < -0.4 is 21.9 Å². The summed E-state index contributed by atoms with van der Waals surface area (Å²) in [5.41, 5.74) is 8.92. The summed E-state index contributed by atoms with van der Waals surface area (Å²) in [7, 11) is 0. The molecule has 5 rings (SSSR count). The molecule has 0 radical (unpaired) electrons. The molecule has 2 aromatic heterocycles. The molecular weight excluding hydrogens is 582 g/mol. The number of nitrogens with two attached hydrogens (primary N) is 2. The Labute approximate surface area is 238 Å². The minimum Gasteiger partial charge on any atom is -0.382 e. The molecule has 4 aromatic rings. The van der Waals surface area contributed by atoms with Crippen molar-refractivity contribution >= 4 is 34.3 Å². The Morgan fingerprint density at radius 3 is 2.51 bits per heavy atom. The van der Waals surface area contributed by atoms with Gasteiger partial charge in [-0.05, 0) is 42.7 Å². The number of nitrogen functional groups attached to an aromatic ring is 2. The first-order valence-corrected chi connectivity index (χ1v) is 12.6. The van der Waals surface area contributed by atoms with E-state index in [0.29, 0.717) is 6.07 Å². The molecule has 0 amide bonds. The van der Waals surface area contributed by atoms with E-state index in [0.717, 1.165) is 22.8 Å². The van der Waals surface area contributed by atoms with Gasteiger partial charge in [0.1, 0.15) is 40.3 Å². The van der Waals surface area contributed by atoms with Gasteiger partial charge in [0.15, 0.2) is 11.6 Å². The molecule has 1 aliphatic heterocycles. The molecule has 1 saturated heterocycles. The third kappa shape index (κ3) is 5.41. The van der Waals surface area contributed by atoms with Crippen molar-refractivity contribution in [2.75, 3.05) is 22.9 Å². The van der Waals surface area contributed by atoms with Crippen LogP contribution in [0.2, 0.25) is 0 Å². The number of hydrogen-bond acceptors (Lipinski definition) is 9. The molecule has 0 saturated carbocycles. The van der Waals surface area contributed by atoms with E-state index in [9.17, 15) is 41.2 Å². The zero-order valence-corrected chi connectivity index (χ0v) is 21.8. The second-order valence-electron chi connectivity index (χ2n) is 9.81. The normalized spacial score (nSPS) is 16.8. The van der Waals surface area contributed by atoms with E-state index in [4.69, 9.17) is 11.5 Å². The van der Waals surface area contributed by atoms with E-state index in [1.165, 1.54) is 17.0 Å². The minimum atomic E-state index is -3.27. The van der Waals surface area contributed by atoms with Gasteiger partial charge in [-0.2, -0.15) is 15.2 Å². The number of rotatable bonds is 7. The lowest BCUT2D eigenvalue weighted by atomic mass is 9.98. The number of alkyl halides is 4. The summed E-state index contributed by atoms with van der Waals surface area (Å²) in [5.74, 6) is -5.46. The van der Waals surface area contributed by atoms with Gasteiger partial charge in [0, 0.05) is 18.5 Å². The summed E-state index contributed by atoms with van der Waals surface area (Å²) < 4.78 is 83.9. The number of aromatic nitrogens is 4. The fourth-order valence-electron chi connectivity index (χ4n) is 5.25. The van der Waals surface area contributed by atoms with Gasteiger partial charge in [0.2, 0.25) is 5.95 Å². The highest BCUT2D eigenvalue weighted by molar-refractivity contribution is 5.82. The molecule has 4 N–H and O–H groups in total. The topological polar surface area (TPSA) is 157 Å². The van der Waals surface area contributed by atoms with Crippen LogP contribution in [0.5, 0.6) is 0 Å². The molecule has 16 heteroatoms. The molecule has 222 valence electrons. The van der Waals surface area contributed by atoms with Crippen molar-refractivity contribution in [3.8, 4) is 11.8 Å². The molecule has 10 nitrogen and oxygen atoms in total. The van der Waals surface area contributed by atoms with Crippen LogP contribution in [0.25, 0.3) is 16.6 Å². The summed E-state index contributed by atoms with van der Waals surface area (Å²) in [5, 5.41) is 9.27. The van der Waals surface area contributed by atoms with Gasteiger partial charge >= 0.3 is 0 Å². The third-order valence-electron chi connectivity index (χ3n) is 7.03. The van der Waals surface area contributed by atoms with Crippen molar-refractivity contribution in [2.24, 2.45) is 5.92 Å². The van der Waals surface area contributed by atoms with Crippen molar-refractivity contribution in [1.29, 1.82) is 5.26 Å². The van der Waals surface area contributed by atoms with Crippen molar-refractivity contribution in [1.82, 2.24) is 19.5 Å². The second-order valence-corrected chi connectivity index (χ2v) is 9.81.